The molecule has 8 heteroatoms. The van der Waals surface area contributed by atoms with Gasteiger partial charge in [0.05, 0.1) is 3.79 Å². The molecule has 0 atom stereocenters. The Bertz CT molecular complexity index is 780. The highest BCUT2D eigenvalue weighted by Gasteiger charge is 2.16. The number of halogens is 1. The number of amides is 1. The summed E-state index contributed by atoms with van der Waals surface area (Å²) in [6.45, 7) is 1.92. The van der Waals surface area contributed by atoms with Crippen molar-refractivity contribution < 1.29 is 4.79 Å². The van der Waals surface area contributed by atoms with E-state index in [2.05, 4.69) is 32.4 Å². The van der Waals surface area contributed by atoms with E-state index in [-0.39, 0.29) is 11.6 Å². The highest BCUT2D eigenvalue weighted by Crippen LogP contribution is 2.23. The van der Waals surface area contributed by atoms with Gasteiger partial charge in [0.2, 0.25) is 5.91 Å². The number of aryl methyl sites for hydroxylation is 3. The average molecular weight is 427 g/mol. The summed E-state index contributed by atoms with van der Waals surface area (Å²) < 4.78 is 4.45. The van der Waals surface area contributed by atoms with E-state index in [1.54, 1.807) is 20.6 Å². The minimum absolute atomic E-state index is 0.0110. The zero-order valence-corrected chi connectivity index (χ0v) is 16.6. The first-order valence-corrected chi connectivity index (χ1v) is 10.4. The lowest BCUT2D eigenvalue weighted by Crippen LogP contribution is -2.29. The fraction of sp³-hybridized carbons (Fsp3) is 0.588. The topological polar surface area (TPSA) is 68.9 Å². The highest BCUT2D eigenvalue weighted by molar-refractivity contribution is 9.11. The van der Waals surface area contributed by atoms with Crippen molar-refractivity contribution in [2.45, 2.75) is 58.0 Å². The number of carbonyl (C=O) groups excluding carboxylic acids is 1. The van der Waals surface area contributed by atoms with E-state index in [0.29, 0.717) is 19.5 Å². The van der Waals surface area contributed by atoms with Crippen LogP contribution in [0.4, 0.5) is 0 Å². The number of hydrogen-bond donors (Lipinski definition) is 1. The lowest BCUT2D eigenvalue weighted by molar-refractivity contribution is -0.121. The molecule has 1 aliphatic heterocycles. The van der Waals surface area contributed by atoms with E-state index in [9.17, 15) is 9.59 Å². The molecule has 0 saturated heterocycles. The minimum atomic E-state index is -0.0110. The zero-order valence-electron chi connectivity index (χ0n) is 14.2. The largest absolute Gasteiger partial charge is 0.356 e. The van der Waals surface area contributed by atoms with Gasteiger partial charge in [-0.05, 0) is 60.2 Å². The van der Waals surface area contributed by atoms with E-state index in [4.69, 9.17) is 0 Å². The number of thiophene rings is 1. The van der Waals surface area contributed by atoms with Gasteiger partial charge in [0.1, 0.15) is 5.82 Å². The first-order valence-electron chi connectivity index (χ1n) is 8.81. The molecule has 2 aromatic heterocycles. The molecule has 0 unspecified atom stereocenters. The van der Waals surface area contributed by atoms with Crippen LogP contribution >= 0.6 is 27.3 Å². The second-order valence-electron chi connectivity index (χ2n) is 6.29. The third kappa shape index (κ3) is 5.04. The quantitative estimate of drug-likeness (QED) is 0.659. The van der Waals surface area contributed by atoms with Gasteiger partial charge in [0, 0.05) is 37.4 Å². The van der Waals surface area contributed by atoms with Gasteiger partial charge in [0.15, 0.2) is 0 Å². The number of aromatic nitrogens is 3. The molecule has 1 aliphatic rings. The molecule has 0 aromatic carbocycles. The van der Waals surface area contributed by atoms with Crippen LogP contribution in [0.2, 0.25) is 0 Å². The summed E-state index contributed by atoms with van der Waals surface area (Å²) in [6, 6.07) is 4.13. The Morgan fingerprint density at radius 2 is 2.20 bits per heavy atom. The van der Waals surface area contributed by atoms with E-state index in [0.717, 1.165) is 54.7 Å². The van der Waals surface area contributed by atoms with Crippen LogP contribution in [0.1, 0.15) is 42.8 Å². The number of rotatable bonds is 8. The van der Waals surface area contributed by atoms with Gasteiger partial charge in [0.25, 0.3) is 0 Å². The van der Waals surface area contributed by atoms with Gasteiger partial charge in [-0.3, -0.25) is 9.36 Å². The maximum Gasteiger partial charge on any atom is 0.345 e. The lowest BCUT2D eigenvalue weighted by atomic mass is 10.2. The van der Waals surface area contributed by atoms with Crippen molar-refractivity contribution >= 4 is 33.2 Å². The first-order chi connectivity index (χ1) is 12.1. The summed E-state index contributed by atoms with van der Waals surface area (Å²) in [4.78, 5) is 25.4. The molecular weight excluding hydrogens is 404 g/mol. The van der Waals surface area contributed by atoms with Crippen LogP contribution in [-0.4, -0.2) is 26.8 Å². The Kier molecular flexibility index (Phi) is 6.47. The Morgan fingerprint density at radius 1 is 1.32 bits per heavy atom. The van der Waals surface area contributed by atoms with Gasteiger partial charge in [-0.15, -0.1) is 11.3 Å². The highest BCUT2D eigenvalue weighted by atomic mass is 79.9. The van der Waals surface area contributed by atoms with Gasteiger partial charge in [-0.2, -0.15) is 5.10 Å². The summed E-state index contributed by atoms with van der Waals surface area (Å²) in [7, 11) is 0. The first kappa shape index (κ1) is 18.4. The van der Waals surface area contributed by atoms with Crippen LogP contribution < -0.4 is 11.0 Å². The summed E-state index contributed by atoms with van der Waals surface area (Å²) in [5.41, 5.74) is -0.0110. The van der Waals surface area contributed by atoms with Crippen molar-refractivity contribution in [2.24, 2.45) is 0 Å². The van der Waals surface area contributed by atoms with Crippen LogP contribution in [0.25, 0.3) is 0 Å². The van der Waals surface area contributed by atoms with Gasteiger partial charge >= 0.3 is 5.69 Å². The smallest absolute Gasteiger partial charge is 0.345 e. The summed E-state index contributed by atoms with van der Waals surface area (Å²) in [5, 5.41) is 7.33. The lowest BCUT2D eigenvalue weighted by Gasteiger charge is -2.09. The Morgan fingerprint density at radius 3 is 2.96 bits per heavy atom. The number of nitrogens with zero attached hydrogens (tertiary/aromatic N) is 3. The fourth-order valence-corrected chi connectivity index (χ4v) is 4.57. The average Bonchev–Trinajstić information content (AvgIpc) is 3.16. The van der Waals surface area contributed by atoms with E-state index in [1.165, 1.54) is 4.88 Å². The van der Waals surface area contributed by atoms with Crippen LogP contribution in [0.15, 0.2) is 20.7 Å². The SMILES string of the molecule is O=C(CCCc1ccc(Br)s1)NCCCn1nc2n(c1=O)CCCC2. The number of fused-ring (bicyclic) bond motifs is 1. The van der Waals surface area contributed by atoms with Crippen molar-refractivity contribution in [2.75, 3.05) is 6.54 Å². The number of nitrogens with one attached hydrogen (secondary N) is 1. The molecule has 0 radical (unpaired) electrons. The molecule has 0 spiro atoms. The predicted molar refractivity (Wildman–Crippen MR) is 102 cm³/mol. The second kappa shape index (κ2) is 8.80. The van der Waals surface area contributed by atoms with E-state index < -0.39 is 0 Å². The normalized spacial score (nSPS) is 13.6. The molecule has 0 saturated carbocycles. The van der Waals surface area contributed by atoms with Crippen LogP contribution in [0.3, 0.4) is 0 Å². The minimum Gasteiger partial charge on any atom is -0.356 e. The van der Waals surface area contributed by atoms with Crippen molar-refractivity contribution in [3.63, 3.8) is 0 Å². The molecular formula is C17H23BrN4O2S. The summed E-state index contributed by atoms with van der Waals surface area (Å²) in [5.74, 6) is 0.979. The molecule has 1 amide bonds. The molecule has 0 aliphatic carbocycles. The van der Waals surface area contributed by atoms with Crippen molar-refractivity contribution in [3.05, 3.63) is 37.1 Å². The standard InChI is InChI=1S/C17H23BrN4O2S/c18-14-9-8-13(25-14)5-3-7-16(23)19-10-4-12-22-17(24)21-11-2-1-6-15(21)20-22/h8-9H,1-7,10-12H2,(H,19,23). The van der Waals surface area contributed by atoms with Crippen LogP contribution in [0.5, 0.6) is 0 Å². The van der Waals surface area contributed by atoms with Crippen LogP contribution in [-0.2, 0) is 30.7 Å². The van der Waals surface area contributed by atoms with Gasteiger partial charge < -0.3 is 5.32 Å². The molecule has 136 valence electrons. The molecule has 0 fully saturated rings. The third-order valence-corrected chi connectivity index (χ3v) is 6.04. The fourth-order valence-electron chi connectivity index (χ4n) is 3.05. The number of hydrogen-bond acceptors (Lipinski definition) is 4. The Labute approximate surface area is 159 Å². The maximum atomic E-state index is 12.2. The monoisotopic (exact) mass is 426 g/mol. The summed E-state index contributed by atoms with van der Waals surface area (Å²) in [6.07, 6.45) is 6.09. The van der Waals surface area contributed by atoms with E-state index >= 15 is 0 Å². The second-order valence-corrected chi connectivity index (χ2v) is 8.84. The Balaban J connectivity index is 1.33. The molecule has 0 bridgehead atoms. The summed E-state index contributed by atoms with van der Waals surface area (Å²) >= 11 is 5.16. The Hall–Kier alpha value is -1.41. The van der Waals surface area contributed by atoms with Crippen molar-refractivity contribution in [1.82, 2.24) is 19.7 Å². The third-order valence-electron chi connectivity index (χ3n) is 4.36. The van der Waals surface area contributed by atoms with Gasteiger partial charge in [-0.1, -0.05) is 0 Å². The van der Waals surface area contributed by atoms with E-state index in [1.807, 2.05) is 6.07 Å². The van der Waals surface area contributed by atoms with Gasteiger partial charge in [-0.25, -0.2) is 9.48 Å². The molecule has 25 heavy (non-hydrogen) atoms. The van der Waals surface area contributed by atoms with Crippen molar-refractivity contribution in [3.8, 4) is 0 Å². The molecule has 1 N–H and O–H groups in total. The molecule has 3 rings (SSSR count). The molecule has 6 nitrogen and oxygen atoms in total. The predicted octanol–water partition coefficient (Wildman–Crippen LogP) is 2.73. The number of carbonyl (C=O) groups is 1. The van der Waals surface area contributed by atoms with Crippen molar-refractivity contribution in [1.29, 1.82) is 0 Å². The zero-order chi connectivity index (χ0) is 17.6. The molecule has 3 heterocycles. The maximum absolute atomic E-state index is 12.2. The van der Waals surface area contributed by atoms with Crippen LogP contribution in [0, 0.1) is 0 Å². The molecule has 2 aromatic rings.